The Bertz CT molecular complexity index is 367. The number of likely N-dealkylation sites (N-methyl/N-ethyl adjacent to an activating group) is 1. The molecule has 2 rings (SSSR count). The first-order valence-electron chi connectivity index (χ1n) is 6.49. The molecular weight excluding hydrogens is 294 g/mol. The molecule has 1 saturated heterocycles. The summed E-state index contributed by atoms with van der Waals surface area (Å²) in [6.45, 7) is 5.42. The van der Waals surface area contributed by atoms with Gasteiger partial charge in [0.15, 0.2) is 0 Å². The number of halogens is 1. The van der Waals surface area contributed by atoms with Crippen LogP contribution in [0.25, 0.3) is 0 Å². The lowest BCUT2D eigenvalue weighted by Crippen LogP contribution is -2.27. The molecule has 0 saturated carbocycles. The minimum Gasteiger partial charge on any atom is -0.379 e. The molecule has 1 aromatic rings. The largest absolute Gasteiger partial charge is 0.379 e. The highest BCUT2D eigenvalue weighted by Gasteiger charge is 2.23. The van der Waals surface area contributed by atoms with Crippen LogP contribution in [0.15, 0.2) is 28.7 Å². The molecule has 0 spiro atoms. The Morgan fingerprint density at radius 3 is 3.00 bits per heavy atom. The van der Waals surface area contributed by atoms with Gasteiger partial charge in [0.2, 0.25) is 0 Å². The van der Waals surface area contributed by atoms with Gasteiger partial charge in [-0.05, 0) is 24.6 Å². The molecule has 4 heteroatoms. The van der Waals surface area contributed by atoms with E-state index in [9.17, 15) is 0 Å². The SMILES string of the molecule is CCNCC(OC1CCOC1)c1ccccc1Br. The lowest BCUT2D eigenvalue weighted by molar-refractivity contribution is -0.0165. The molecule has 18 heavy (non-hydrogen) atoms. The molecule has 0 radical (unpaired) electrons. The maximum Gasteiger partial charge on any atom is 0.0965 e. The van der Waals surface area contributed by atoms with Crippen molar-refractivity contribution in [3.8, 4) is 0 Å². The Morgan fingerprint density at radius 2 is 2.33 bits per heavy atom. The second kappa shape index (κ2) is 7.24. The Hall–Kier alpha value is -0.420. The van der Waals surface area contributed by atoms with Gasteiger partial charge in [-0.3, -0.25) is 0 Å². The molecule has 100 valence electrons. The van der Waals surface area contributed by atoms with Gasteiger partial charge in [0, 0.05) is 17.6 Å². The topological polar surface area (TPSA) is 30.5 Å². The molecule has 1 fully saturated rings. The summed E-state index contributed by atoms with van der Waals surface area (Å²) in [5, 5.41) is 3.36. The van der Waals surface area contributed by atoms with E-state index in [2.05, 4.69) is 40.3 Å². The highest BCUT2D eigenvalue weighted by atomic mass is 79.9. The number of hydrogen-bond donors (Lipinski definition) is 1. The minimum atomic E-state index is 0.0761. The van der Waals surface area contributed by atoms with E-state index < -0.39 is 0 Å². The van der Waals surface area contributed by atoms with Gasteiger partial charge in [0.25, 0.3) is 0 Å². The fraction of sp³-hybridized carbons (Fsp3) is 0.571. The monoisotopic (exact) mass is 313 g/mol. The molecule has 1 aromatic carbocycles. The molecule has 0 aliphatic carbocycles. The third-order valence-electron chi connectivity index (χ3n) is 3.08. The van der Waals surface area contributed by atoms with Crippen LogP contribution in [-0.4, -0.2) is 32.4 Å². The fourth-order valence-corrected chi connectivity index (χ4v) is 2.64. The number of nitrogens with one attached hydrogen (secondary N) is 1. The third kappa shape index (κ3) is 3.79. The summed E-state index contributed by atoms with van der Waals surface area (Å²) in [5.41, 5.74) is 1.20. The first kappa shape index (κ1) is 14.0. The number of hydrogen-bond acceptors (Lipinski definition) is 3. The maximum atomic E-state index is 6.16. The van der Waals surface area contributed by atoms with Crippen LogP contribution in [-0.2, 0) is 9.47 Å². The fourth-order valence-electron chi connectivity index (χ4n) is 2.10. The smallest absolute Gasteiger partial charge is 0.0965 e. The maximum absolute atomic E-state index is 6.16. The van der Waals surface area contributed by atoms with Gasteiger partial charge < -0.3 is 14.8 Å². The molecule has 2 atom stereocenters. The molecule has 2 unspecified atom stereocenters. The first-order valence-corrected chi connectivity index (χ1v) is 7.29. The quantitative estimate of drug-likeness (QED) is 0.876. The average Bonchev–Trinajstić information content (AvgIpc) is 2.88. The zero-order chi connectivity index (χ0) is 12.8. The second-order valence-corrected chi connectivity index (χ2v) is 5.29. The summed E-state index contributed by atoms with van der Waals surface area (Å²) in [4.78, 5) is 0. The number of rotatable bonds is 6. The minimum absolute atomic E-state index is 0.0761. The first-order chi connectivity index (χ1) is 8.81. The van der Waals surface area contributed by atoms with Gasteiger partial charge in [-0.1, -0.05) is 41.1 Å². The molecule has 1 aliphatic heterocycles. The molecule has 0 bridgehead atoms. The lowest BCUT2D eigenvalue weighted by atomic mass is 10.1. The van der Waals surface area contributed by atoms with Crippen molar-refractivity contribution in [1.29, 1.82) is 0 Å². The van der Waals surface area contributed by atoms with E-state index in [1.54, 1.807) is 0 Å². The summed E-state index contributed by atoms with van der Waals surface area (Å²) in [5.74, 6) is 0. The van der Waals surface area contributed by atoms with E-state index in [0.717, 1.165) is 30.6 Å². The van der Waals surface area contributed by atoms with E-state index in [1.807, 2.05) is 12.1 Å². The van der Waals surface area contributed by atoms with E-state index >= 15 is 0 Å². The molecule has 1 heterocycles. The normalized spacial score (nSPS) is 21.1. The summed E-state index contributed by atoms with van der Waals surface area (Å²) >= 11 is 3.60. The van der Waals surface area contributed by atoms with Crippen LogP contribution in [0.1, 0.15) is 25.0 Å². The van der Waals surface area contributed by atoms with E-state index in [0.29, 0.717) is 6.61 Å². The summed E-state index contributed by atoms with van der Waals surface area (Å²) in [6, 6.07) is 8.24. The van der Waals surface area contributed by atoms with Crippen molar-refractivity contribution < 1.29 is 9.47 Å². The second-order valence-electron chi connectivity index (χ2n) is 4.44. The Labute approximate surface area is 117 Å². The van der Waals surface area contributed by atoms with E-state index in [1.165, 1.54) is 5.56 Å². The molecule has 1 aliphatic rings. The van der Waals surface area contributed by atoms with Gasteiger partial charge in [0.1, 0.15) is 0 Å². The highest BCUT2D eigenvalue weighted by molar-refractivity contribution is 9.10. The predicted octanol–water partition coefficient (Wildman–Crippen LogP) is 2.91. The Morgan fingerprint density at radius 1 is 1.50 bits per heavy atom. The van der Waals surface area contributed by atoms with Crippen LogP contribution < -0.4 is 5.32 Å². The third-order valence-corrected chi connectivity index (χ3v) is 3.80. The number of ether oxygens (including phenoxy) is 2. The van der Waals surface area contributed by atoms with Crippen molar-refractivity contribution in [2.75, 3.05) is 26.3 Å². The predicted molar refractivity (Wildman–Crippen MR) is 75.7 cm³/mol. The molecule has 0 aromatic heterocycles. The Balaban J connectivity index is 2.06. The van der Waals surface area contributed by atoms with Gasteiger partial charge in [-0.15, -0.1) is 0 Å². The van der Waals surface area contributed by atoms with Gasteiger partial charge >= 0.3 is 0 Å². The zero-order valence-corrected chi connectivity index (χ0v) is 12.3. The van der Waals surface area contributed by atoms with Crippen LogP contribution >= 0.6 is 15.9 Å². The summed E-state index contributed by atoms with van der Waals surface area (Å²) in [6.07, 6.45) is 1.29. The molecule has 0 amide bonds. The van der Waals surface area contributed by atoms with Crippen molar-refractivity contribution >= 4 is 15.9 Å². The van der Waals surface area contributed by atoms with E-state index in [-0.39, 0.29) is 12.2 Å². The van der Waals surface area contributed by atoms with Crippen molar-refractivity contribution in [1.82, 2.24) is 5.32 Å². The number of benzene rings is 1. The van der Waals surface area contributed by atoms with Crippen molar-refractivity contribution in [3.05, 3.63) is 34.3 Å². The van der Waals surface area contributed by atoms with Crippen molar-refractivity contribution in [2.24, 2.45) is 0 Å². The molecular formula is C14H20BrNO2. The van der Waals surface area contributed by atoms with Gasteiger partial charge in [0.05, 0.1) is 18.8 Å². The van der Waals surface area contributed by atoms with Crippen molar-refractivity contribution in [3.63, 3.8) is 0 Å². The summed E-state index contributed by atoms with van der Waals surface area (Å²) < 4.78 is 12.6. The lowest BCUT2D eigenvalue weighted by Gasteiger charge is -2.23. The van der Waals surface area contributed by atoms with E-state index in [4.69, 9.17) is 9.47 Å². The van der Waals surface area contributed by atoms with Crippen LogP contribution in [0.4, 0.5) is 0 Å². The van der Waals surface area contributed by atoms with Crippen LogP contribution in [0.2, 0.25) is 0 Å². The highest BCUT2D eigenvalue weighted by Crippen LogP contribution is 2.28. The van der Waals surface area contributed by atoms with Gasteiger partial charge in [-0.2, -0.15) is 0 Å². The van der Waals surface area contributed by atoms with Crippen LogP contribution in [0.5, 0.6) is 0 Å². The average molecular weight is 314 g/mol. The Kier molecular flexibility index (Phi) is 5.63. The van der Waals surface area contributed by atoms with Crippen molar-refractivity contribution in [2.45, 2.75) is 25.6 Å². The standard InChI is InChI=1S/C14H20BrNO2/c1-2-16-9-14(18-11-7-8-17-10-11)12-5-3-4-6-13(12)15/h3-6,11,14,16H,2,7-10H2,1H3. The van der Waals surface area contributed by atoms with Crippen LogP contribution in [0, 0.1) is 0 Å². The molecule has 3 nitrogen and oxygen atoms in total. The van der Waals surface area contributed by atoms with Crippen LogP contribution in [0.3, 0.4) is 0 Å². The molecule has 1 N–H and O–H groups in total. The zero-order valence-electron chi connectivity index (χ0n) is 10.7. The van der Waals surface area contributed by atoms with Gasteiger partial charge in [-0.25, -0.2) is 0 Å². The summed E-state index contributed by atoms with van der Waals surface area (Å²) in [7, 11) is 0.